The second-order valence-corrected chi connectivity index (χ2v) is 15.3. The zero-order valence-electron chi connectivity index (χ0n) is 19.0. The van der Waals surface area contributed by atoms with E-state index in [1.54, 1.807) is 0 Å². The molecular formula is C23H35NO4Si. The summed E-state index contributed by atoms with van der Waals surface area (Å²) in [6.45, 7) is 16.0. The summed E-state index contributed by atoms with van der Waals surface area (Å²) in [6, 6.07) is 10.4. The lowest BCUT2D eigenvalue weighted by Gasteiger charge is -2.38. The molecule has 2 aliphatic rings. The summed E-state index contributed by atoms with van der Waals surface area (Å²) in [7, 11) is 0.279. The molecule has 1 aromatic carbocycles. The number of hydrogen-bond acceptors (Lipinski definition) is 5. The molecule has 0 saturated carbocycles. The highest BCUT2D eigenvalue weighted by Crippen LogP contribution is 2.48. The largest absolute Gasteiger partial charge is 0.459 e. The van der Waals surface area contributed by atoms with E-state index in [1.807, 2.05) is 32.0 Å². The molecule has 2 saturated heterocycles. The van der Waals surface area contributed by atoms with Crippen molar-refractivity contribution in [1.29, 1.82) is 0 Å². The number of likely N-dealkylation sites (N-methyl/N-ethyl adjacent to an activating group) is 1. The summed E-state index contributed by atoms with van der Waals surface area (Å²) in [6.07, 6.45) is -0.124. The van der Waals surface area contributed by atoms with E-state index < -0.39 is 14.1 Å². The minimum absolute atomic E-state index is 0.00203. The molecule has 0 unspecified atom stereocenters. The number of likely N-dealkylation sites (tertiary alicyclic amines) is 1. The molecule has 1 aromatic heterocycles. The molecule has 160 valence electrons. The molecule has 6 heteroatoms. The van der Waals surface area contributed by atoms with Crippen LogP contribution in [-0.2, 0) is 13.9 Å². The van der Waals surface area contributed by atoms with Crippen molar-refractivity contribution in [3.05, 3.63) is 36.1 Å². The molecule has 2 aromatic rings. The Hall–Kier alpha value is -1.18. The van der Waals surface area contributed by atoms with Crippen LogP contribution in [0.3, 0.4) is 0 Å². The summed E-state index contributed by atoms with van der Waals surface area (Å²) in [5.74, 6) is 0.329. The van der Waals surface area contributed by atoms with Gasteiger partial charge in [-0.3, -0.25) is 4.90 Å². The SMILES string of the molecule is CN1[C@H](c2cc3ccccc3o2)[C@@H]2OC(C)(C)O[C@@H]2[C@@H]1CO[Si](C)(C)C(C)(C)C. The van der Waals surface area contributed by atoms with Crippen LogP contribution in [0.1, 0.15) is 46.4 Å². The minimum atomic E-state index is -1.86. The first kappa shape index (κ1) is 21.1. The van der Waals surface area contributed by atoms with Gasteiger partial charge in [-0.2, -0.15) is 0 Å². The van der Waals surface area contributed by atoms with E-state index in [9.17, 15) is 0 Å². The number of furan rings is 1. The maximum Gasteiger partial charge on any atom is 0.192 e. The molecule has 4 atom stereocenters. The third-order valence-electron chi connectivity index (χ3n) is 6.97. The molecule has 2 fully saturated rings. The normalized spacial score (nSPS) is 30.2. The van der Waals surface area contributed by atoms with E-state index in [1.165, 1.54) is 0 Å². The molecule has 0 radical (unpaired) electrons. The Morgan fingerprint density at radius 2 is 1.76 bits per heavy atom. The van der Waals surface area contributed by atoms with Gasteiger partial charge in [-0.15, -0.1) is 0 Å². The van der Waals surface area contributed by atoms with Gasteiger partial charge >= 0.3 is 0 Å². The lowest BCUT2D eigenvalue weighted by molar-refractivity contribution is -0.169. The van der Waals surface area contributed by atoms with Crippen LogP contribution in [0.4, 0.5) is 0 Å². The maximum atomic E-state index is 6.60. The smallest absolute Gasteiger partial charge is 0.192 e. The third kappa shape index (κ3) is 3.70. The van der Waals surface area contributed by atoms with Crippen molar-refractivity contribution < 1.29 is 18.3 Å². The standard InChI is InChI=1S/C23H35NO4Si/c1-22(2,3)29(7,8)25-14-16-20-21(28-23(4,5)27-20)19(24(16)6)18-13-15-11-9-10-12-17(15)26-18/h9-13,16,19-21H,14H2,1-8H3/t16-,19+,20+,21-/m0/s1. The van der Waals surface area contributed by atoms with E-state index in [0.29, 0.717) is 6.61 Å². The fraction of sp³-hybridized carbons (Fsp3) is 0.652. The van der Waals surface area contributed by atoms with Crippen LogP contribution < -0.4 is 0 Å². The Morgan fingerprint density at radius 3 is 2.41 bits per heavy atom. The molecule has 0 spiro atoms. The average molecular weight is 418 g/mol. The minimum Gasteiger partial charge on any atom is -0.459 e. The van der Waals surface area contributed by atoms with Gasteiger partial charge in [-0.05, 0) is 51.2 Å². The van der Waals surface area contributed by atoms with Gasteiger partial charge in [0.1, 0.15) is 23.6 Å². The molecule has 3 heterocycles. The number of rotatable bonds is 4. The monoisotopic (exact) mass is 417 g/mol. The van der Waals surface area contributed by atoms with Crippen molar-refractivity contribution in [2.75, 3.05) is 13.7 Å². The molecule has 4 rings (SSSR count). The zero-order valence-corrected chi connectivity index (χ0v) is 20.0. The van der Waals surface area contributed by atoms with E-state index in [0.717, 1.165) is 16.7 Å². The van der Waals surface area contributed by atoms with Crippen molar-refractivity contribution in [3.8, 4) is 0 Å². The lowest BCUT2D eigenvalue weighted by Crippen LogP contribution is -2.47. The fourth-order valence-corrected chi connectivity index (χ4v) is 5.28. The highest BCUT2D eigenvalue weighted by atomic mass is 28.4. The third-order valence-corrected chi connectivity index (χ3v) is 11.5. The van der Waals surface area contributed by atoms with E-state index in [-0.39, 0.29) is 29.3 Å². The number of para-hydroxylation sites is 1. The molecule has 2 aliphatic heterocycles. The zero-order chi connectivity index (χ0) is 21.2. The topological polar surface area (TPSA) is 44.1 Å². The molecule has 0 N–H and O–H groups in total. The van der Waals surface area contributed by atoms with Crippen molar-refractivity contribution in [1.82, 2.24) is 4.90 Å². The van der Waals surface area contributed by atoms with Gasteiger partial charge in [0.25, 0.3) is 0 Å². The average Bonchev–Trinajstić information content (AvgIpc) is 3.21. The van der Waals surface area contributed by atoms with Crippen LogP contribution in [0.25, 0.3) is 11.0 Å². The van der Waals surface area contributed by atoms with Crippen molar-refractivity contribution >= 4 is 19.3 Å². The van der Waals surface area contributed by atoms with Gasteiger partial charge in [0.2, 0.25) is 0 Å². The number of fused-ring (bicyclic) bond motifs is 2. The molecule has 0 amide bonds. The Bertz CT molecular complexity index is 851. The van der Waals surface area contributed by atoms with Gasteiger partial charge in [0.15, 0.2) is 14.1 Å². The Kier molecular flexibility index (Phi) is 5.03. The summed E-state index contributed by atoms with van der Waals surface area (Å²) < 4.78 is 25.6. The van der Waals surface area contributed by atoms with E-state index >= 15 is 0 Å². The van der Waals surface area contributed by atoms with Crippen LogP contribution in [0.15, 0.2) is 34.7 Å². The highest BCUT2D eigenvalue weighted by Gasteiger charge is 2.58. The molecular weight excluding hydrogens is 382 g/mol. The predicted molar refractivity (Wildman–Crippen MR) is 117 cm³/mol. The number of nitrogens with zero attached hydrogens (tertiary/aromatic N) is 1. The summed E-state index contributed by atoms with van der Waals surface area (Å²) in [4.78, 5) is 2.33. The Balaban J connectivity index is 1.63. The Morgan fingerprint density at radius 1 is 1.10 bits per heavy atom. The number of hydrogen-bond donors (Lipinski definition) is 0. The first-order chi connectivity index (χ1) is 13.4. The van der Waals surface area contributed by atoms with Crippen LogP contribution in [-0.4, -0.2) is 50.9 Å². The van der Waals surface area contributed by atoms with Gasteiger partial charge in [0.05, 0.1) is 18.7 Å². The van der Waals surface area contributed by atoms with E-state index in [4.69, 9.17) is 18.3 Å². The van der Waals surface area contributed by atoms with E-state index in [2.05, 4.69) is 57.9 Å². The number of benzene rings is 1. The Labute approximate surface area is 175 Å². The molecule has 0 aliphatic carbocycles. The van der Waals surface area contributed by atoms with Crippen LogP contribution in [0.5, 0.6) is 0 Å². The predicted octanol–water partition coefficient (Wildman–Crippen LogP) is 5.33. The van der Waals surface area contributed by atoms with Gasteiger partial charge in [-0.1, -0.05) is 39.0 Å². The lowest BCUT2D eigenvalue weighted by atomic mass is 10.1. The van der Waals surface area contributed by atoms with Crippen molar-refractivity contribution in [2.24, 2.45) is 0 Å². The fourth-order valence-electron chi connectivity index (χ4n) is 4.26. The summed E-state index contributed by atoms with van der Waals surface area (Å²) in [5, 5.41) is 1.29. The van der Waals surface area contributed by atoms with Crippen LogP contribution in [0, 0.1) is 0 Å². The summed E-state index contributed by atoms with van der Waals surface area (Å²) >= 11 is 0. The maximum absolute atomic E-state index is 6.60. The second-order valence-electron chi connectivity index (χ2n) is 10.5. The quantitative estimate of drug-likeness (QED) is 0.629. The van der Waals surface area contributed by atoms with Crippen LogP contribution >= 0.6 is 0 Å². The molecule has 29 heavy (non-hydrogen) atoms. The van der Waals surface area contributed by atoms with Gasteiger partial charge in [0, 0.05) is 5.39 Å². The summed E-state index contributed by atoms with van der Waals surface area (Å²) in [5.41, 5.74) is 0.909. The number of ether oxygens (including phenoxy) is 2. The first-order valence-electron chi connectivity index (χ1n) is 10.6. The highest BCUT2D eigenvalue weighted by molar-refractivity contribution is 6.74. The van der Waals surface area contributed by atoms with Crippen LogP contribution in [0.2, 0.25) is 18.1 Å². The molecule has 0 bridgehead atoms. The second kappa shape index (κ2) is 6.92. The molecule has 5 nitrogen and oxygen atoms in total. The first-order valence-corrected chi connectivity index (χ1v) is 13.5. The van der Waals surface area contributed by atoms with Gasteiger partial charge < -0.3 is 18.3 Å². The van der Waals surface area contributed by atoms with Gasteiger partial charge in [-0.25, -0.2) is 0 Å². The van der Waals surface area contributed by atoms with Crippen molar-refractivity contribution in [2.45, 2.75) is 82.8 Å². The van der Waals surface area contributed by atoms with Crippen molar-refractivity contribution in [3.63, 3.8) is 0 Å².